The quantitative estimate of drug-likeness (QED) is 0.807. The number of carbonyl (C=O) groups is 2. The van der Waals surface area contributed by atoms with E-state index in [-0.39, 0.29) is 17.7 Å². The monoisotopic (exact) mass is 388 g/mol. The molecule has 3 aliphatic rings. The van der Waals surface area contributed by atoms with E-state index in [0.717, 1.165) is 50.5 Å². The lowest BCUT2D eigenvalue weighted by molar-refractivity contribution is -0.134. The van der Waals surface area contributed by atoms with Gasteiger partial charge in [0.05, 0.1) is 5.92 Å². The highest BCUT2D eigenvalue weighted by molar-refractivity contribution is 5.94. The van der Waals surface area contributed by atoms with Gasteiger partial charge in [0.1, 0.15) is 0 Å². The van der Waals surface area contributed by atoms with Crippen molar-refractivity contribution in [2.24, 2.45) is 0 Å². The van der Waals surface area contributed by atoms with Gasteiger partial charge in [-0.25, -0.2) is 0 Å². The maximum Gasteiger partial charge on any atom is 0.251 e. The molecule has 150 valence electrons. The van der Waals surface area contributed by atoms with Crippen LogP contribution in [0.15, 0.2) is 48.5 Å². The van der Waals surface area contributed by atoms with E-state index >= 15 is 0 Å². The zero-order chi connectivity index (χ0) is 19.8. The Bertz CT molecular complexity index is 913. The summed E-state index contributed by atoms with van der Waals surface area (Å²) < 4.78 is 0. The molecule has 0 spiro atoms. The zero-order valence-corrected chi connectivity index (χ0v) is 16.8. The molecule has 2 aromatic carbocycles. The van der Waals surface area contributed by atoms with Crippen LogP contribution in [-0.2, 0) is 17.8 Å². The van der Waals surface area contributed by atoms with E-state index in [1.54, 1.807) is 0 Å². The van der Waals surface area contributed by atoms with Crippen LogP contribution < -0.4 is 5.32 Å². The smallest absolute Gasteiger partial charge is 0.251 e. The summed E-state index contributed by atoms with van der Waals surface area (Å²) in [6.07, 6.45) is 7.48. The Hall–Kier alpha value is -2.62. The van der Waals surface area contributed by atoms with Crippen molar-refractivity contribution < 1.29 is 9.59 Å². The number of rotatable bonds is 6. The topological polar surface area (TPSA) is 49.4 Å². The van der Waals surface area contributed by atoms with E-state index in [2.05, 4.69) is 34.5 Å². The number of nitrogens with one attached hydrogen (secondary N) is 1. The lowest BCUT2D eigenvalue weighted by atomic mass is 9.82. The first kappa shape index (κ1) is 18.4. The van der Waals surface area contributed by atoms with E-state index in [9.17, 15) is 9.59 Å². The second-order valence-corrected chi connectivity index (χ2v) is 8.79. The van der Waals surface area contributed by atoms with Crippen LogP contribution in [0.25, 0.3) is 0 Å². The fraction of sp³-hybridized carbons (Fsp3) is 0.440. The molecule has 0 radical (unpaired) electrons. The summed E-state index contributed by atoms with van der Waals surface area (Å²) in [7, 11) is 0. The van der Waals surface area contributed by atoms with Crippen molar-refractivity contribution in [1.82, 2.24) is 10.2 Å². The fourth-order valence-electron chi connectivity index (χ4n) is 4.44. The van der Waals surface area contributed by atoms with Crippen molar-refractivity contribution in [3.63, 3.8) is 0 Å². The van der Waals surface area contributed by atoms with Gasteiger partial charge in [0.25, 0.3) is 5.91 Å². The molecule has 1 unspecified atom stereocenters. The van der Waals surface area contributed by atoms with Gasteiger partial charge in [0.2, 0.25) is 5.91 Å². The molecule has 3 aliphatic carbocycles. The van der Waals surface area contributed by atoms with Gasteiger partial charge in [-0.2, -0.15) is 0 Å². The fourth-order valence-corrected chi connectivity index (χ4v) is 4.44. The number of hydrogen-bond donors (Lipinski definition) is 1. The van der Waals surface area contributed by atoms with Crippen molar-refractivity contribution in [3.05, 3.63) is 70.8 Å². The minimum absolute atomic E-state index is 0.00740. The van der Waals surface area contributed by atoms with E-state index in [4.69, 9.17) is 0 Å². The van der Waals surface area contributed by atoms with Crippen molar-refractivity contribution in [1.29, 1.82) is 0 Å². The highest BCUT2D eigenvalue weighted by Crippen LogP contribution is 2.37. The molecular formula is C25H28N2O2. The summed E-state index contributed by atoms with van der Waals surface area (Å²) in [6.45, 7) is 0.632. The van der Waals surface area contributed by atoms with E-state index in [1.165, 1.54) is 11.1 Å². The predicted octanol–water partition coefficient (Wildman–Crippen LogP) is 4.19. The summed E-state index contributed by atoms with van der Waals surface area (Å²) in [5.74, 6) is 0.271. The summed E-state index contributed by atoms with van der Waals surface area (Å²) in [4.78, 5) is 27.8. The third-order valence-corrected chi connectivity index (χ3v) is 6.42. The van der Waals surface area contributed by atoms with Gasteiger partial charge in [-0.15, -0.1) is 0 Å². The minimum Gasteiger partial charge on any atom is -0.349 e. The summed E-state index contributed by atoms with van der Waals surface area (Å²) in [6, 6.07) is 16.9. The van der Waals surface area contributed by atoms with Crippen molar-refractivity contribution >= 4 is 11.8 Å². The molecule has 0 aromatic heterocycles. The molecule has 4 heteroatoms. The van der Waals surface area contributed by atoms with E-state index < -0.39 is 0 Å². The third-order valence-electron chi connectivity index (χ3n) is 6.42. The highest BCUT2D eigenvalue weighted by atomic mass is 16.2. The van der Waals surface area contributed by atoms with Gasteiger partial charge in [0, 0.05) is 24.2 Å². The maximum atomic E-state index is 13.5. The van der Waals surface area contributed by atoms with Crippen LogP contribution in [0.5, 0.6) is 0 Å². The van der Waals surface area contributed by atoms with Crippen molar-refractivity contribution in [2.45, 2.75) is 69.5 Å². The first-order valence-electron chi connectivity index (χ1n) is 11.0. The van der Waals surface area contributed by atoms with Gasteiger partial charge in [0.15, 0.2) is 0 Å². The van der Waals surface area contributed by atoms with Crippen LogP contribution in [0.2, 0.25) is 0 Å². The molecule has 2 fully saturated rings. The number of carbonyl (C=O) groups excluding carboxylic acids is 2. The summed E-state index contributed by atoms with van der Waals surface area (Å²) in [5, 5.41) is 3.03. The largest absolute Gasteiger partial charge is 0.349 e. The lowest BCUT2D eigenvalue weighted by Crippen LogP contribution is -2.37. The third kappa shape index (κ3) is 4.07. The van der Waals surface area contributed by atoms with Crippen LogP contribution in [-0.4, -0.2) is 28.8 Å². The van der Waals surface area contributed by atoms with Crippen LogP contribution in [0.3, 0.4) is 0 Å². The zero-order valence-electron chi connectivity index (χ0n) is 16.8. The second-order valence-electron chi connectivity index (χ2n) is 8.79. The van der Waals surface area contributed by atoms with E-state index in [1.807, 2.05) is 24.3 Å². The number of aryl methyl sites for hydroxylation is 1. The highest BCUT2D eigenvalue weighted by Gasteiger charge is 2.37. The van der Waals surface area contributed by atoms with Gasteiger partial charge in [-0.3, -0.25) is 9.59 Å². The van der Waals surface area contributed by atoms with Crippen molar-refractivity contribution in [2.75, 3.05) is 0 Å². The van der Waals surface area contributed by atoms with E-state index in [0.29, 0.717) is 24.2 Å². The summed E-state index contributed by atoms with van der Waals surface area (Å²) >= 11 is 0. The van der Waals surface area contributed by atoms with Crippen LogP contribution in [0, 0.1) is 0 Å². The predicted molar refractivity (Wildman–Crippen MR) is 113 cm³/mol. The maximum absolute atomic E-state index is 13.5. The number of nitrogens with zero attached hydrogens (tertiary/aromatic N) is 1. The molecular weight excluding hydrogens is 360 g/mol. The standard InChI is InChI=1S/C25H28N2O2/c28-24(26-20-12-13-20)19-10-8-17(9-11-19)16-27(21-14-15-21)25(29)23-7-3-5-18-4-1-2-6-22(18)23/h1-2,4,6,8-11,20-21,23H,3,5,7,12-16H2,(H,26,28). The molecule has 0 saturated heterocycles. The second kappa shape index (κ2) is 7.66. The molecule has 2 amide bonds. The Kier molecular flexibility index (Phi) is 4.86. The average molecular weight is 389 g/mol. The molecule has 1 N–H and O–H groups in total. The number of fused-ring (bicyclic) bond motifs is 1. The molecule has 2 saturated carbocycles. The molecule has 0 heterocycles. The normalized spacial score (nSPS) is 20.6. The van der Waals surface area contributed by atoms with Gasteiger partial charge in [-0.05, 0) is 73.8 Å². The number of hydrogen-bond acceptors (Lipinski definition) is 2. The Morgan fingerprint density at radius 1 is 0.931 bits per heavy atom. The molecule has 0 aliphatic heterocycles. The van der Waals surface area contributed by atoms with Gasteiger partial charge < -0.3 is 10.2 Å². The van der Waals surface area contributed by atoms with Gasteiger partial charge in [-0.1, -0.05) is 36.4 Å². The van der Waals surface area contributed by atoms with Crippen LogP contribution in [0.1, 0.15) is 71.5 Å². The first-order chi connectivity index (χ1) is 14.2. The SMILES string of the molecule is O=C(NC1CC1)c1ccc(CN(C(=O)C2CCCc3ccccc32)C2CC2)cc1. The Labute approximate surface area is 172 Å². The molecule has 5 rings (SSSR count). The van der Waals surface area contributed by atoms with Crippen LogP contribution >= 0.6 is 0 Å². The summed E-state index contributed by atoms with van der Waals surface area (Å²) in [5.41, 5.74) is 4.35. The number of benzene rings is 2. The molecule has 1 atom stereocenters. The Balaban J connectivity index is 1.31. The van der Waals surface area contributed by atoms with Crippen molar-refractivity contribution in [3.8, 4) is 0 Å². The first-order valence-corrected chi connectivity index (χ1v) is 11.0. The minimum atomic E-state index is -0.0101. The Morgan fingerprint density at radius 2 is 1.69 bits per heavy atom. The molecule has 4 nitrogen and oxygen atoms in total. The lowest BCUT2D eigenvalue weighted by Gasteiger charge is -2.31. The molecule has 29 heavy (non-hydrogen) atoms. The van der Waals surface area contributed by atoms with Gasteiger partial charge >= 0.3 is 0 Å². The van der Waals surface area contributed by atoms with Crippen LogP contribution in [0.4, 0.5) is 0 Å². The number of amides is 2. The molecule has 0 bridgehead atoms. The Morgan fingerprint density at radius 3 is 2.41 bits per heavy atom. The average Bonchev–Trinajstić information content (AvgIpc) is 3.67. The molecule has 2 aromatic rings.